The Balaban J connectivity index is 1.55. The van der Waals surface area contributed by atoms with Gasteiger partial charge in [0.2, 0.25) is 5.91 Å². The zero-order chi connectivity index (χ0) is 18.5. The van der Waals surface area contributed by atoms with Crippen LogP contribution in [-0.2, 0) is 11.2 Å². The molecule has 0 fully saturated rings. The molecule has 5 nitrogen and oxygen atoms in total. The van der Waals surface area contributed by atoms with Gasteiger partial charge in [-0.3, -0.25) is 9.59 Å². The molecule has 0 aliphatic carbocycles. The van der Waals surface area contributed by atoms with Crippen molar-refractivity contribution in [1.29, 1.82) is 0 Å². The van der Waals surface area contributed by atoms with E-state index in [0.29, 0.717) is 16.4 Å². The highest BCUT2D eigenvalue weighted by atomic mass is 32.1. The average molecular weight is 389 g/mol. The van der Waals surface area contributed by atoms with Gasteiger partial charge in [0.1, 0.15) is 5.82 Å². The first-order valence-corrected chi connectivity index (χ1v) is 9.49. The minimum atomic E-state index is -0.316. The number of aromatic nitrogens is 1. The molecule has 0 aliphatic rings. The molecule has 0 aliphatic heterocycles. The molecule has 3 aromatic rings. The summed E-state index contributed by atoms with van der Waals surface area (Å²) in [6.45, 7) is -0.0600. The molecule has 1 aromatic carbocycles. The molecular formula is C18H16FN3O2S2. The zero-order valence-corrected chi connectivity index (χ0v) is 15.6. The van der Waals surface area contributed by atoms with Gasteiger partial charge in [-0.05, 0) is 29.1 Å². The van der Waals surface area contributed by atoms with E-state index in [9.17, 15) is 14.0 Å². The Morgan fingerprint density at radius 3 is 2.85 bits per heavy atom. The van der Waals surface area contributed by atoms with E-state index in [2.05, 4.69) is 10.3 Å². The van der Waals surface area contributed by atoms with Gasteiger partial charge in [-0.1, -0.05) is 18.2 Å². The summed E-state index contributed by atoms with van der Waals surface area (Å²) in [5.41, 5.74) is 0.841. The summed E-state index contributed by atoms with van der Waals surface area (Å²) in [7, 11) is 1.58. The number of thiazole rings is 1. The van der Waals surface area contributed by atoms with Crippen LogP contribution in [0.2, 0.25) is 0 Å². The van der Waals surface area contributed by atoms with Gasteiger partial charge in [-0.15, -0.1) is 22.7 Å². The predicted octanol–water partition coefficient (Wildman–Crippen LogP) is 3.65. The summed E-state index contributed by atoms with van der Waals surface area (Å²) in [5.74, 6) is -0.788. The molecule has 0 unspecified atom stereocenters. The summed E-state index contributed by atoms with van der Waals surface area (Å²) in [6.07, 6.45) is 2.20. The van der Waals surface area contributed by atoms with Gasteiger partial charge in [0.25, 0.3) is 5.91 Å². The highest BCUT2D eigenvalue weighted by Crippen LogP contribution is 2.21. The Morgan fingerprint density at radius 1 is 1.27 bits per heavy atom. The van der Waals surface area contributed by atoms with E-state index in [4.69, 9.17) is 0 Å². The number of halogens is 1. The number of hydrogen-bond donors (Lipinski definition) is 1. The number of carbonyl (C=O) groups is 2. The second kappa shape index (κ2) is 8.20. The molecule has 0 spiro atoms. The first-order valence-electron chi connectivity index (χ1n) is 7.79. The van der Waals surface area contributed by atoms with Crippen molar-refractivity contribution in [2.75, 3.05) is 18.9 Å². The number of carbonyl (C=O) groups excluding carboxylic acids is 2. The third-order valence-corrected chi connectivity index (χ3v) is 5.30. The third kappa shape index (κ3) is 4.74. The van der Waals surface area contributed by atoms with Crippen molar-refractivity contribution in [2.24, 2.45) is 0 Å². The van der Waals surface area contributed by atoms with Crippen LogP contribution in [0, 0.1) is 5.82 Å². The quantitative estimate of drug-likeness (QED) is 0.700. The van der Waals surface area contributed by atoms with Crippen LogP contribution in [0.25, 0.3) is 0 Å². The van der Waals surface area contributed by atoms with E-state index in [-0.39, 0.29) is 24.2 Å². The normalized spacial score (nSPS) is 10.5. The van der Waals surface area contributed by atoms with Crippen molar-refractivity contribution in [3.8, 4) is 0 Å². The van der Waals surface area contributed by atoms with Crippen molar-refractivity contribution in [3.05, 3.63) is 69.1 Å². The van der Waals surface area contributed by atoms with Crippen molar-refractivity contribution < 1.29 is 14.0 Å². The van der Waals surface area contributed by atoms with Gasteiger partial charge in [0, 0.05) is 24.5 Å². The number of hydrogen-bond acceptors (Lipinski definition) is 5. The van der Waals surface area contributed by atoms with E-state index in [1.807, 2.05) is 11.4 Å². The molecule has 2 heterocycles. The molecular weight excluding hydrogens is 373 g/mol. The van der Waals surface area contributed by atoms with Crippen LogP contribution in [0.3, 0.4) is 0 Å². The Hall–Kier alpha value is -2.58. The summed E-state index contributed by atoms with van der Waals surface area (Å²) in [6, 6.07) is 9.89. The number of benzene rings is 1. The summed E-state index contributed by atoms with van der Waals surface area (Å²) < 4.78 is 13.2. The van der Waals surface area contributed by atoms with E-state index in [1.165, 1.54) is 39.7 Å². The highest BCUT2D eigenvalue weighted by Gasteiger charge is 2.16. The zero-order valence-electron chi connectivity index (χ0n) is 13.9. The van der Waals surface area contributed by atoms with Crippen molar-refractivity contribution in [3.63, 3.8) is 0 Å². The second-order valence-corrected chi connectivity index (χ2v) is 7.69. The SMILES string of the molecule is CN(CC(=O)Nc1ncc(Cc2cccc(F)c2)s1)C(=O)c1cccs1. The number of likely N-dealkylation sites (N-methyl/N-ethyl adjacent to an activating group) is 1. The van der Waals surface area contributed by atoms with Crippen LogP contribution in [-0.4, -0.2) is 35.3 Å². The lowest BCUT2D eigenvalue weighted by atomic mass is 10.1. The van der Waals surface area contributed by atoms with Gasteiger partial charge < -0.3 is 10.2 Å². The molecule has 0 atom stereocenters. The highest BCUT2D eigenvalue weighted by molar-refractivity contribution is 7.15. The fourth-order valence-electron chi connectivity index (χ4n) is 2.33. The number of rotatable bonds is 6. The van der Waals surface area contributed by atoms with E-state index >= 15 is 0 Å². The van der Waals surface area contributed by atoms with Crippen molar-refractivity contribution >= 4 is 39.6 Å². The number of amides is 2. The van der Waals surface area contributed by atoms with Crippen LogP contribution in [0.5, 0.6) is 0 Å². The van der Waals surface area contributed by atoms with Gasteiger partial charge in [-0.2, -0.15) is 0 Å². The fourth-order valence-corrected chi connectivity index (χ4v) is 3.91. The minimum absolute atomic E-state index is 0.0600. The Morgan fingerprint density at radius 2 is 2.12 bits per heavy atom. The average Bonchev–Trinajstić information content (AvgIpc) is 3.26. The lowest BCUT2D eigenvalue weighted by Crippen LogP contribution is -2.34. The number of thiophene rings is 1. The number of anilines is 1. The van der Waals surface area contributed by atoms with E-state index in [0.717, 1.165) is 10.4 Å². The smallest absolute Gasteiger partial charge is 0.264 e. The summed E-state index contributed by atoms with van der Waals surface area (Å²) in [4.78, 5) is 31.3. The van der Waals surface area contributed by atoms with Crippen LogP contribution >= 0.6 is 22.7 Å². The topological polar surface area (TPSA) is 62.3 Å². The molecule has 0 saturated heterocycles. The molecule has 8 heteroatoms. The van der Waals surface area contributed by atoms with Gasteiger partial charge in [0.15, 0.2) is 5.13 Å². The van der Waals surface area contributed by atoms with Gasteiger partial charge in [-0.25, -0.2) is 9.37 Å². The summed E-state index contributed by atoms with van der Waals surface area (Å²) in [5, 5.41) is 4.97. The predicted molar refractivity (Wildman–Crippen MR) is 101 cm³/mol. The molecule has 3 rings (SSSR count). The standard InChI is InChI=1S/C18H16FN3O2S2/c1-22(17(24)15-6-3-7-25-15)11-16(23)21-18-20-10-14(26-18)9-12-4-2-5-13(19)8-12/h2-8,10H,9,11H2,1H3,(H,20,21,23). The number of nitrogens with one attached hydrogen (secondary N) is 1. The lowest BCUT2D eigenvalue weighted by Gasteiger charge is -2.15. The minimum Gasteiger partial charge on any atom is -0.332 e. The molecule has 134 valence electrons. The van der Waals surface area contributed by atoms with E-state index in [1.54, 1.807) is 31.4 Å². The van der Waals surface area contributed by atoms with Crippen LogP contribution in [0.4, 0.5) is 9.52 Å². The number of nitrogens with zero attached hydrogens (tertiary/aromatic N) is 2. The maximum Gasteiger partial charge on any atom is 0.264 e. The molecule has 0 radical (unpaired) electrons. The molecule has 26 heavy (non-hydrogen) atoms. The maximum absolute atomic E-state index is 13.2. The molecule has 0 bridgehead atoms. The summed E-state index contributed by atoms with van der Waals surface area (Å²) >= 11 is 2.66. The van der Waals surface area contributed by atoms with Crippen LogP contribution in [0.15, 0.2) is 48.0 Å². The van der Waals surface area contributed by atoms with Crippen LogP contribution < -0.4 is 5.32 Å². The first-order chi connectivity index (χ1) is 12.5. The Bertz CT molecular complexity index is 909. The maximum atomic E-state index is 13.2. The second-order valence-electron chi connectivity index (χ2n) is 5.63. The van der Waals surface area contributed by atoms with E-state index < -0.39 is 0 Å². The van der Waals surface area contributed by atoms with Gasteiger partial charge >= 0.3 is 0 Å². The molecule has 2 aromatic heterocycles. The largest absolute Gasteiger partial charge is 0.332 e. The Kier molecular flexibility index (Phi) is 5.75. The van der Waals surface area contributed by atoms with Crippen molar-refractivity contribution in [2.45, 2.75) is 6.42 Å². The molecule has 2 amide bonds. The van der Waals surface area contributed by atoms with Gasteiger partial charge in [0.05, 0.1) is 11.4 Å². The van der Waals surface area contributed by atoms with Crippen LogP contribution in [0.1, 0.15) is 20.1 Å². The Labute approximate surface area is 158 Å². The molecule has 1 N–H and O–H groups in total. The molecule has 0 saturated carbocycles. The first kappa shape index (κ1) is 18.2. The lowest BCUT2D eigenvalue weighted by molar-refractivity contribution is -0.116. The third-order valence-electron chi connectivity index (χ3n) is 3.53. The fraction of sp³-hybridized carbons (Fsp3) is 0.167. The monoisotopic (exact) mass is 389 g/mol. The van der Waals surface area contributed by atoms with Crippen molar-refractivity contribution in [1.82, 2.24) is 9.88 Å².